The number of benzene rings is 2. The molecule has 2 nitrogen and oxygen atoms in total. The first-order valence-corrected chi connectivity index (χ1v) is 6.85. The number of aryl methyl sites for hydroxylation is 1. The molecule has 0 saturated heterocycles. The van der Waals surface area contributed by atoms with Crippen LogP contribution in [0, 0.1) is 12.7 Å². The molecule has 2 aromatic carbocycles. The zero-order valence-electron chi connectivity index (χ0n) is 11.5. The fraction of sp³-hybridized carbons (Fsp3) is 0.188. The smallest absolute Gasteiger partial charge is 0.171 e. The van der Waals surface area contributed by atoms with Crippen LogP contribution in [0.1, 0.15) is 24.1 Å². The van der Waals surface area contributed by atoms with Crippen LogP contribution in [0.2, 0.25) is 0 Å². The summed E-state index contributed by atoms with van der Waals surface area (Å²) in [4.78, 5) is 0. The standard InChI is InChI=1S/C16H17FN2S/c1-11-6-8-13(9-7-11)12(2)18-16(20)19-15-5-3-4-14(17)10-15/h3-10,12H,1-2H3,(H2,18,19,20). The van der Waals surface area contributed by atoms with E-state index in [-0.39, 0.29) is 11.9 Å². The summed E-state index contributed by atoms with van der Waals surface area (Å²) in [6.45, 7) is 4.09. The van der Waals surface area contributed by atoms with E-state index in [1.807, 2.05) is 6.92 Å². The normalized spacial score (nSPS) is 11.8. The Balaban J connectivity index is 1.95. The molecule has 20 heavy (non-hydrogen) atoms. The molecule has 2 rings (SSSR count). The van der Waals surface area contributed by atoms with Crippen molar-refractivity contribution in [2.24, 2.45) is 0 Å². The van der Waals surface area contributed by atoms with Crippen LogP contribution in [-0.4, -0.2) is 5.11 Å². The molecule has 0 bridgehead atoms. The van der Waals surface area contributed by atoms with E-state index in [4.69, 9.17) is 12.2 Å². The monoisotopic (exact) mass is 288 g/mol. The Morgan fingerprint density at radius 3 is 2.50 bits per heavy atom. The Morgan fingerprint density at radius 1 is 1.15 bits per heavy atom. The van der Waals surface area contributed by atoms with Gasteiger partial charge in [0.15, 0.2) is 5.11 Å². The number of hydrogen-bond acceptors (Lipinski definition) is 1. The summed E-state index contributed by atoms with van der Waals surface area (Å²) < 4.78 is 13.1. The lowest BCUT2D eigenvalue weighted by Gasteiger charge is -2.17. The average molecular weight is 288 g/mol. The van der Waals surface area contributed by atoms with Gasteiger partial charge in [0.25, 0.3) is 0 Å². The number of nitrogens with one attached hydrogen (secondary N) is 2. The second kappa shape index (κ2) is 6.48. The molecule has 104 valence electrons. The van der Waals surface area contributed by atoms with Crippen molar-refractivity contribution in [3.05, 3.63) is 65.5 Å². The van der Waals surface area contributed by atoms with Crippen LogP contribution < -0.4 is 10.6 Å². The minimum atomic E-state index is -0.288. The highest BCUT2D eigenvalue weighted by atomic mass is 32.1. The van der Waals surface area contributed by atoms with Gasteiger partial charge < -0.3 is 10.6 Å². The predicted molar refractivity (Wildman–Crippen MR) is 85.4 cm³/mol. The Labute approximate surface area is 124 Å². The molecule has 0 aromatic heterocycles. The molecule has 0 radical (unpaired) electrons. The zero-order chi connectivity index (χ0) is 14.5. The summed E-state index contributed by atoms with van der Waals surface area (Å²) in [5, 5.41) is 6.63. The highest BCUT2D eigenvalue weighted by Crippen LogP contribution is 2.14. The maximum atomic E-state index is 13.1. The third kappa shape index (κ3) is 4.03. The molecule has 0 saturated carbocycles. The van der Waals surface area contributed by atoms with E-state index >= 15 is 0 Å². The largest absolute Gasteiger partial charge is 0.356 e. The van der Waals surface area contributed by atoms with Crippen LogP contribution in [0.25, 0.3) is 0 Å². The molecule has 0 amide bonds. The van der Waals surface area contributed by atoms with Crippen molar-refractivity contribution >= 4 is 23.0 Å². The minimum absolute atomic E-state index is 0.0872. The molecule has 0 heterocycles. The molecule has 0 aliphatic carbocycles. The van der Waals surface area contributed by atoms with Gasteiger partial charge in [0.05, 0.1) is 6.04 Å². The van der Waals surface area contributed by atoms with Crippen molar-refractivity contribution in [1.29, 1.82) is 0 Å². The van der Waals surface area contributed by atoms with Crippen LogP contribution in [0.5, 0.6) is 0 Å². The van der Waals surface area contributed by atoms with Crippen molar-refractivity contribution in [2.75, 3.05) is 5.32 Å². The van der Waals surface area contributed by atoms with Gasteiger partial charge >= 0.3 is 0 Å². The van der Waals surface area contributed by atoms with E-state index in [1.54, 1.807) is 12.1 Å². The van der Waals surface area contributed by atoms with Crippen LogP contribution in [0.3, 0.4) is 0 Å². The lowest BCUT2D eigenvalue weighted by molar-refractivity contribution is 0.628. The average Bonchev–Trinajstić information content (AvgIpc) is 2.39. The fourth-order valence-electron chi connectivity index (χ4n) is 1.87. The maximum absolute atomic E-state index is 13.1. The summed E-state index contributed by atoms with van der Waals surface area (Å²) in [6.07, 6.45) is 0. The zero-order valence-corrected chi connectivity index (χ0v) is 12.3. The summed E-state index contributed by atoms with van der Waals surface area (Å²) in [6, 6.07) is 14.6. The highest BCUT2D eigenvalue weighted by molar-refractivity contribution is 7.80. The Hall–Kier alpha value is -1.94. The van der Waals surface area contributed by atoms with Crippen molar-refractivity contribution in [2.45, 2.75) is 19.9 Å². The molecular weight excluding hydrogens is 271 g/mol. The van der Waals surface area contributed by atoms with Crippen LogP contribution in [0.4, 0.5) is 10.1 Å². The quantitative estimate of drug-likeness (QED) is 0.828. The van der Waals surface area contributed by atoms with Gasteiger partial charge in [0.1, 0.15) is 5.82 Å². The van der Waals surface area contributed by atoms with E-state index in [2.05, 4.69) is 41.8 Å². The topological polar surface area (TPSA) is 24.1 Å². The molecule has 2 N–H and O–H groups in total. The molecule has 0 aliphatic rings. The number of halogens is 1. The SMILES string of the molecule is Cc1ccc(C(C)NC(=S)Nc2cccc(F)c2)cc1. The molecule has 0 fully saturated rings. The third-order valence-electron chi connectivity index (χ3n) is 3.01. The molecule has 1 atom stereocenters. The molecule has 1 unspecified atom stereocenters. The van der Waals surface area contributed by atoms with Gasteiger partial charge in [-0.3, -0.25) is 0 Å². The summed E-state index contributed by atoms with van der Waals surface area (Å²) in [7, 11) is 0. The van der Waals surface area contributed by atoms with Gasteiger partial charge in [-0.05, 0) is 49.8 Å². The third-order valence-corrected chi connectivity index (χ3v) is 3.23. The van der Waals surface area contributed by atoms with Crippen molar-refractivity contribution in [3.63, 3.8) is 0 Å². The van der Waals surface area contributed by atoms with Crippen molar-refractivity contribution in [3.8, 4) is 0 Å². The van der Waals surface area contributed by atoms with Gasteiger partial charge in [-0.1, -0.05) is 35.9 Å². The Bertz CT molecular complexity index is 596. The second-order valence-corrected chi connectivity index (χ2v) is 5.15. The molecular formula is C16H17FN2S. The number of hydrogen-bond donors (Lipinski definition) is 2. The Morgan fingerprint density at radius 2 is 1.85 bits per heavy atom. The van der Waals surface area contributed by atoms with E-state index in [9.17, 15) is 4.39 Å². The first-order chi connectivity index (χ1) is 9.54. The summed E-state index contributed by atoms with van der Waals surface area (Å²) >= 11 is 5.24. The van der Waals surface area contributed by atoms with Gasteiger partial charge in [-0.15, -0.1) is 0 Å². The van der Waals surface area contributed by atoms with Crippen LogP contribution >= 0.6 is 12.2 Å². The molecule has 2 aromatic rings. The first-order valence-electron chi connectivity index (χ1n) is 6.44. The fourth-order valence-corrected chi connectivity index (χ4v) is 2.16. The van der Waals surface area contributed by atoms with Gasteiger partial charge in [0.2, 0.25) is 0 Å². The maximum Gasteiger partial charge on any atom is 0.171 e. The van der Waals surface area contributed by atoms with E-state index in [1.165, 1.54) is 17.7 Å². The van der Waals surface area contributed by atoms with Gasteiger partial charge in [0, 0.05) is 5.69 Å². The van der Waals surface area contributed by atoms with E-state index in [0.717, 1.165) is 5.56 Å². The lowest BCUT2D eigenvalue weighted by atomic mass is 10.1. The summed E-state index contributed by atoms with van der Waals surface area (Å²) in [5.74, 6) is -0.288. The number of thiocarbonyl (C=S) groups is 1. The second-order valence-electron chi connectivity index (χ2n) is 4.74. The first kappa shape index (κ1) is 14.5. The highest BCUT2D eigenvalue weighted by Gasteiger charge is 2.07. The lowest BCUT2D eigenvalue weighted by Crippen LogP contribution is -2.30. The van der Waals surface area contributed by atoms with Crippen molar-refractivity contribution in [1.82, 2.24) is 5.32 Å². The number of rotatable bonds is 3. The number of anilines is 1. The molecule has 0 spiro atoms. The van der Waals surface area contributed by atoms with E-state index < -0.39 is 0 Å². The minimum Gasteiger partial charge on any atom is -0.356 e. The van der Waals surface area contributed by atoms with Gasteiger partial charge in [-0.25, -0.2) is 4.39 Å². The Kier molecular flexibility index (Phi) is 4.69. The van der Waals surface area contributed by atoms with Gasteiger partial charge in [-0.2, -0.15) is 0 Å². The molecule has 0 aliphatic heterocycles. The van der Waals surface area contributed by atoms with Crippen LogP contribution in [-0.2, 0) is 0 Å². The van der Waals surface area contributed by atoms with E-state index in [0.29, 0.717) is 10.8 Å². The summed E-state index contributed by atoms with van der Waals surface area (Å²) in [5.41, 5.74) is 3.01. The molecule has 4 heteroatoms. The van der Waals surface area contributed by atoms with Crippen molar-refractivity contribution < 1.29 is 4.39 Å². The van der Waals surface area contributed by atoms with Crippen LogP contribution in [0.15, 0.2) is 48.5 Å². The predicted octanol–water partition coefficient (Wildman–Crippen LogP) is 4.18.